The van der Waals surface area contributed by atoms with Crippen molar-refractivity contribution in [3.05, 3.63) is 0 Å². The van der Waals surface area contributed by atoms with Crippen LogP contribution in [0.5, 0.6) is 0 Å². The summed E-state index contributed by atoms with van der Waals surface area (Å²) < 4.78 is 21.4. The van der Waals surface area contributed by atoms with Gasteiger partial charge in [-0.3, -0.25) is 24.0 Å². The summed E-state index contributed by atoms with van der Waals surface area (Å²) in [7, 11) is 0. The molecule has 3 aliphatic rings. The van der Waals surface area contributed by atoms with Crippen molar-refractivity contribution >= 4 is 47.6 Å². The Morgan fingerprint density at radius 3 is 1.23 bits per heavy atom. The van der Waals surface area contributed by atoms with E-state index in [0.717, 1.165) is 32.1 Å². The molecule has 17 N–H and O–H groups in total. The maximum atomic E-state index is 13.3. The van der Waals surface area contributed by atoms with Gasteiger partial charge in [0.05, 0.1) is 50.8 Å². The number of ether oxygens (including phenoxy) is 4. The Balaban J connectivity index is 1.60. The lowest BCUT2D eigenvalue weighted by Crippen LogP contribution is -2.68. The predicted molar refractivity (Wildman–Crippen MR) is 235 cm³/mol. The number of amides is 6. The molecule has 71 heavy (non-hydrogen) atoms. The average molecular weight is 1030 g/mol. The molecule has 0 saturated carbocycles. The van der Waals surface area contributed by atoms with Crippen LogP contribution in [0, 0.1) is 0 Å². The fourth-order valence-corrected chi connectivity index (χ4v) is 7.98. The molecule has 0 radical (unpaired) electrons. The molecule has 0 bridgehead atoms. The second-order valence-electron chi connectivity index (χ2n) is 18.4. The van der Waals surface area contributed by atoms with Crippen LogP contribution >= 0.6 is 0 Å². The van der Waals surface area contributed by atoms with Gasteiger partial charge in [-0.2, -0.15) is 0 Å². The minimum Gasteiger partial charge on any atom is -0.480 e. The molecule has 0 aliphatic carbocycles. The number of carbonyl (C=O) groups excluding carboxylic acids is 6. The maximum absolute atomic E-state index is 13.3. The van der Waals surface area contributed by atoms with E-state index in [1.807, 2.05) is 10.6 Å². The van der Waals surface area contributed by atoms with Gasteiger partial charge in [-0.1, -0.05) is 39.0 Å². The van der Waals surface area contributed by atoms with Crippen molar-refractivity contribution in [3.8, 4) is 0 Å². The molecule has 3 aliphatic heterocycles. The van der Waals surface area contributed by atoms with E-state index in [0.29, 0.717) is 6.42 Å². The van der Waals surface area contributed by atoms with Gasteiger partial charge in [0.2, 0.25) is 11.8 Å². The summed E-state index contributed by atoms with van der Waals surface area (Å²) >= 11 is 0. The van der Waals surface area contributed by atoms with Gasteiger partial charge < -0.3 is 107 Å². The molecule has 0 aromatic carbocycles. The van der Waals surface area contributed by atoms with Crippen LogP contribution in [0.2, 0.25) is 0 Å². The van der Waals surface area contributed by atoms with Crippen LogP contribution in [0.3, 0.4) is 0 Å². The molecule has 29 heteroatoms. The number of carboxylic acid groups (broad SMARTS) is 2. The molecule has 0 unspecified atom stereocenters. The summed E-state index contributed by atoms with van der Waals surface area (Å²) in [6.07, 6.45) is -20.8. The maximum Gasteiger partial charge on any atom is 0.408 e. The first-order valence-corrected chi connectivity index (χ1v) is 23.1. The number of hydrogen-bond acceptors (Lipinski definition) is 21. The molecule has 3 heterocycles. The van der Waals surface area contributed by atoms with Crippen LogP contribution in [-0.4, -0.2) is 239 Å². The topological polar surface area (TPSA) is 468 Å². The number of aliphatic carboxylic acids is 2. The highest BCUT2D eigenvalue weighted by Gasteiger charge is 2.51. The highest BCUT2D eigenvalue weighted by atomic mass is 16.6. The molecule has 0 aromatic rings. The lowest BCUT2D eigenvalue weighted by Gasteiger charge is -2.42. The van der Waals surface area contributed by atoms with E-state index in [2.05, 4.69) is 28.2 Å². The van der Waals surface area contributed by atoms with E-state index in [1.54, 1.807) is 0 Å². The Kier molecular flexibility index (Phi) is 23.6. The van der Waals surface area contributed by atoms with Crippen LogP contribution in [0.4, 0.5) is 4.79 Å². The van der Waals surface area contributed by atoms with E-state index in [-0.39, 0.29) is 6.54 Å². The highest BCUT2D eigenvalue weighted by molar-refractivity contribution is 5.92. The second kappa shape index (κ2) is 27.8. The van der Waals surface area contributed by atoms with Crippen molar-refractivity contribution in [2.24, 2.45) is 0 Å². The average Bonchev–Trinajstić information content (AvgIpc) is 3.29. The van der Waals surface area contributed by atoms with Gasteiger partial charge in [0, 0.05) is 6.54 Å². The fourth-order valence-electron chi connectivity index (χ4n) is 7.98. The quantitative estimate of drug-likeness (QED) is 0.0399. The Morgan fingerprint density at radius 1 is 0.521 bits per heavy atom. The molecular formula is C42H70N6O23. The van der Waals surface area contributed by atoms with Crippen molar-refractivity contribution in [1.29, 1.82) is 0 Å². The van der Waals surface area contributed by atoms with Crippen molar-refractivity contribution in [1.82, 2.24) is 31.9 Å². The van der Waals surface area contributed by atoms with Crippen molar-refractivity contribution < 1.29 is 113 Å². The van der Waals surface area contributed by atoms with E-state index in [9.17, 15) is 94.5 Å². The summed E-state index contributed by atoms with van der Waals surface area (Å²) in [5.74, 6) is -9.76. The Morgan fingerprint density at radius 2 is 0.873 bits per heavy atom. The zero-order valence-electron chi connectivity index (χ0n) is 39.6. The number of aliphatic hydroxyl groups excluding tert-OH is 9. The zero-order chi connectivity index (χ0) is 53.5. The largest absolute Gasteiger partial charge is 0.480 e. The van der Waals surface area contributed by atoms with E-state index >= 15 is 0 Å². The van der Waals surface area contributed by atoms with Crippen LogP contribution in [0.15, 0.2) is 0 Å². The molecular weight excluding hydrogens is 956 g/mol. The lowest BCUT2D eigenvalue weighted by molar-refractivity contribution is -0.198. The predicted octanol–water partition coefficient (Wildman–Crippen LogP) is -7.31. The molecule has 0 aromatic heterocycles. The van der Waals surface area contributed by atoms with Crippen molar-refractivity contribution in [2.45, 2.75) is 188 Å². The fraction of sp³-hybridized carbons (Fsp3) is 0.810. The highest BCUT2D eigenvalue weighted by Crippen LogP contribution is 2.25. The lowest BCUT2D eigenvalue weighted by atomic mass is 9.91. The Labute approximate surface area is 406 Å². The number of unbranched alkanes of at least 4 members (excludes halogenated alkanes) is 5. The number of aliphatic hydroxyl groups is 9. The SMILES string of the molecule is CCCCCCCCNC(=O)[C@@H]1O[C@H](CO)[C@@H](NC(=O)C[C@@H](NC(=O)[C@@H]2O[C@H](CO)[C@@H](NC(=O)C[C@@H](NC(=O)[C@@H]3O[C@H](CO)[C@@H](NC(=O)OC(C)(C)C)[C@H](O)[C@H]3O)C(=O)O)[C@H](O)[C@H]2O)C(=O)O)[C@H](O)[C@H]1O. The molecule has 3 rings (SSSR count). The molecule has 29 nitrogen and oxygen atoms in total. The van der Waals surface area contributed by atoms with Crippen LogP contribution in [0.25, 0.3) is 0 Å². The molecule has 6 amide bonds. The first-order valence-electron chi connectivity index (χ1n) is 23.1. The molecule has 3 fully saturated rings. The van der Waals surface area contributed by atoms with Gasteiger partial charge >= 0.3 is 18.0 Å². The monoisotopic (exact) mass is 1030 g/mol. The Hall–Kier alpha value is -4.92. The number of alkyl carbamates (subject to hydrolysis) is 1. The minimum atomic E-state index is -2.30. The van der Waals surface area contributed by atoms with E-state index < -0.39 is 189 Å². The second-order valence-corrected chi connectivity index (χ2v) is 18.4. The summed E-state index contributed by atoms with van der Waals surface area (Å²) in [4.78, 5) is 102. The molecule has 0 spiro atoms. The molecule has 3 saturated heterocycles. The Bertz CT molecular complexity index is 1820. The van der Waals surface area contributed by atoms with Crippen LogP contribution in [-0.2, 0) is 52.5 Å². The van der Waals surface area contributed by atoms with Crippen molar-refractivity contribution in [3.63, 3.8) is 0 Å². The molecule has 406 valence electrons. The third-order valence-corrected chi connectivity index (χ3v) is 11.7. The van der Waals surface area contributed by atoms with Gasteiger partial charge in [0.1, 0.15) is 72.6 Å². The van der Waals surface area contributed by atoms with Gasteiger partial charge in [0.15, 0.2) is 18.3 Å². The van der Waals surface area contributed by atoms with Gasteiger partial charge in [-0.05, 0) is 27.2 Å². The number of hydrogen-bond donors (Lipinski definition) is 17. The van der Waals surface area contributed by atoms with Gasteiger partial charge in [-0.15, -0.1) is 0 Å². The number of carbonyl (C=O) groups is 8. The van der Waals surface area contributed by atoms with Gasteiger partial charge in [0.25, 0.3) is 17.7 Å². The zero-order valence-corrected chi connectivity index (χ0v) is 39.6. The molecule has 17 atom stereocenters. The summed E-state index contributed by atoms with van der Waals surface area (Å²) in [6, 6.07) is -9.15. The summed E-state index contributed by atoms with van der Waals surface area (Å²) in [5, 5.41) is 127. The first kappa shape index (κ1) is 60.4. The third kappa shape index (κ3) is 17.1. The minimum absolute atomic E-state index is 0.243. The third-order valence-electron chi connectivity index (χ3n) is 11.7. The summed E-state index contributed by atoms with van der Waals surface area (Å²) in [6.45, 7) is 4.03. The number of carboxylic acids is 2. The standard InChI is InChI=1S/C42H70N6O23/c1-5-6-7-8-9-10-11-43-36(60)33-30(57)27(54)24(19(14-49)68-33)46-22(52)12-17(39(63)64)44-37(61)34-31(58)28(55)25(20(15-50)69-34)47-23(53)13-18(40(65)66)45-38(62)35-32(59)29(56)26(21(16-51)70-35)48-41(67)71-42(2,3)4/h17-21,24-35,49-51,54-59H,5-16H2,1-4H3,(H,43,60)(H,44,61)(H,45,62)(H,46,52)(H,47,53)(H,48,67)(H,63,64)(H,65,66)/t17-,18-,19-,20-,21-,24-,25-,26-,27+,28+,29+,30-,31-,32-,33-,34-,35-/m1/s1. The van der Waals surface area contributed by atoms with Crippen LogP contribution < -0.4 is 31.9 Å². The summed E-state index contributed by atoms with van der Waals surface area (Å²) in [5.41, 5.74) is -0.989. The van der Waals surface area contributed by atoms with Gasteiger partial charge in [-0.25, -0.2) is 14.4 Å². The normalized spacial score (nSPS) is 31.7. The van der Waals surface area contributed by atoms with Crippen molar-refractivity contribution in [2.75, 3.05) is 26.4 Å². The van der Waals surface area contributed by atoms with Crippen LogP contribution in [0.1, 0.15) is 79.1 Å². The number of nitrogens with one attached hydrogen (secondary N) is 6. The number of rotatable bonds is 24. The van der Waals surface area contributed by atoms with E-state index in [4.69, 9.17) is 18.9 Å². The van der Waals surface area contributed by atoms with E-state index in [1.165, 1.54) is 20.8 Å². The smallest absolute Gasteiger partial charge is 0.408 e. The first-order chi connectivity index (χ1) is 33.3.